The van der Waals surface area contributed by atoms with E-state index in [1.165, 1.54) is 14.0 Å². The van der Waals surface area contributed by atoms with Crippen molar-refractivity contribution < 1.29 is 17.9 Å². The molecule has 0 bridgehead atoms. The first kappa shape index (κ1) is 14.7. The van der Waals surface area contributed by atoms with Gasteiger partial charge in [0, 0.05) is 19.0 Å². The Bertz CT molecular complexity index is 535. The lowest BCUT2D eigenvalue weighted by molar-refractivity contribution is -0.143. The van der Waals surface area contributed by atoms with Crippen LogP contribution in [0.25, 0.3) is 0 Å². The highest BCUT2D eigenvalue weighted by molar-refractivity contribution is 7.92. The number of methoxy groups -OCH3 is 1. The molecule has 0 aliphatic rings. The molecule has 0 amide bonds. The first-order valence-electron chi connectivity index (χ1n) is 5.48. The van der Waals surface area contributed by atoms with Crippen LogP contribution in [0.2, 0.25) is 0 Å². The minimum Gasteiger partial charge on any atom is -0.468 e. The van der Waals surface area contributed by atoms with E-state index >= 15 is 0 Å². The molecule has 102 valence electrons. The molecule has 0 unspecified atom stereocenters. The van der Waals surface area contributed by atoms with Crippen LogP contribution in [0.1, 0.15) is 18.9 Å². The summed E-state index contributed by atoms with van der Waals surface area (Å²) in [5, 5.41) is 4.06. The van der Waals surface area contributed by atoms with Gasteiger partial charge in [-0.1, -0.05) is 0 Å². The summed E-state index contributed by atoms with van der Waals surface area (Å²) in [5.74, 6) is -0.742. The van der Waals surface area contributed by atoms with Crippen molar-refractivity contribution >= 4 is 15.8 Å². The lowest BCUT2D eigenvalue weighted by atomic mass is 10.1. The Labute approximate surface area is 107 Å². The van der Waals surface area contributed by atoms with E-state index in [9.17, 15) is 13.2 Å². The lowest BCUT2D eigenvalue weighted by Gasteiger charge is -2.24. The number of rotatable bonds is 5. The summed E-state index contributed by atoms with van der Waals surface area (Å²) in [6.45, 7) is 3.61. The van der Waals surface area contributed by atoms with Crippen LogP contribution in [0, 0.1) is 6.92 Å². The van der Waals surface area contributed by atoms with Crippen molar-refractivity contribution in [3.05, 3.63) is 18.0 Å². The number of esters is 1. The summed E-state index contributed by atoms with van der Waals surface area (Å²) in [7, 11) is -2.37. The van der Waals surface area contributed by atoms with Gasteiger partial charge in [0.1, 0.15) is 0 Å². The third kappa shape index (κ3) is 2.90. The highest BCUT2D eigenvalue weighted by Crippen LogP contribution is 2.23. The van der Waals surface area contributed by atoms with Gasteiger partial charge in [-0.3, -0.25) is 9.48 Å². The molecule has 1 aromatic heterocycles. The lowest BCUT2D eigenvalue weighted by Crippen LogP contribution is -2.44. The zero-order valence-electron chi connectivity index (χ0n) is 11.0. The Morgan fingerprint density at radius 1 is 1.56 bits per heavy atom. The maximum atomic E-state index is 11.7. The molecule has 0 saturated heterocycles. The number of ether oxygens (including phenoxy) is 1. The summed E-state index contributed by atoms with van der Waals surface area (Å²) < 4.78 is 28.2. The topological polar surface area (TPSA) is 78.3 Å². The highest BCUT2D eigenvalue weighted by atomic mass is 32.2. The zero-order chi connectivity index (χ0) is 14.0. The van der Waals surface area contributed by atoms with Crippen molar-refractivity contribution in [3.63, 3.8) is 0 Å². The number of aryl methyl sites for hydroxylation is 2. The maximum Gasteiger partial charge on any atom is 0.326 e. The minimum atomic E-state index is -3.55. The van der Waals surface area contributed by atoms with Crippen molar-refractivity contribution in [1.82, 2.24) is 9.78 Å². The molecule has 1 heterocycles. The third-order valence-electron chi connectivity index (χ3n) is 3.02. The Kier molecular flexibility index (Phi) is 4.16. The van der Waals surface area contributed by atoms with Crippen LogP contribution < -0.4 is 0 Å². The molecule has 0 spiro atoms. The minimum absolute atomic E-state index is 0.125. The third-order valence-corrected chi connectivity index (χ3v) is 5.02. The van der Waals surface area contributed by atoms with Crippen molar-refractivity contribution in [1.29, 1.82) is 0 Å². The Balaban J connectivity index is 2.91. The van der Waals surface area contributed by atoms with Crippen LogP contribution in [-0.4, -0.2) is 42.3 Å². The van der Waals surface area contributed by atoms with E-state index in [2.05, 4.69) is 9.84 Å². The molecule has 0 fully saturated rings. The van der Waals surface area contributed by atoms with Gasteiger partial charge < -0.3 is 4.74 Å². The molecule has 0 saturated carbocycles. The first-order chi connectivity index (χ1) is 8.20. The number of sulfone groups is 1. The smallest absolute Gasteiger partial charge is 0.326 e. The Morgan fingerprint density at radius 3 is 2.56 bits per heavy atom. The van der Waals surface area contributed by atoms with E-state index in [0.717, 1.165) is 11.8 Å². The standard InChI is InChI=1S/C11H18N2O4S/c1-9-7-12-13(8-9)6-5-11(2,10(14)17-3)18(4,15)16/h7-8H,5-6H2,1-4H3/t11-/m1/s1. The van der Waals surface area contributed by atoms with Gasteiger partial charge in [-0.15, -0.1) is 0 Å². The van der Waals surface area contributed by atoms with E-state index in [1.807, 2.05) is 6.92 Å². The van der Waals surface area contributed by atoms with Gasteiger partial charge in [0.25, 0.3) is 0 Å². The van der Waals surface area contributed by atoms with Gasteiger partial charge in [-0.25, -0.2) is 8.42 Å². The number of hydrogen-bond donors (Lipinski definition) is 0. The van der Waals surface area contributed by atoms with Gasteiger partial charge in [-0.05, 0) is 25.8 Å². The summed E-state index contributed by atoms with van der Waals surface area (Å²) in [6.07, 6.45) is 4.63. The number of hydrogen-bond acceptors (Lipinski definition) is 5. The van der Waals surface area contributed by atoms with Gasteiger partial charge >= 0.3 is 5.97 Å². The van der Waals surface area contributed by atoms with Gasteiger partial charge in [0.15, 0.2) is 14.6 Å². The van der Waals surface area contributed by atoms with Crippen LogP contribution in [0.3, 0.4) is 0 Å². The van der Waals surface area contributed by atoms with Crippen molar-refractivity contribution in [2.45, 2.75) is 31.6 Å². The largest absolute Gasteiger partial charge is 0.468 e. The van der Waals surface area contributed by atoms with Gasteiger partial charge in [0.05, 0.1) is 13.3 Å². The second-order valence-electron chi connectivity index (χ2n) is 4.53. The average molecular weight is 274 g/mol. The monoisotopic (exact) mass is 274 g/mol. The number of carbonyl (C=O) groups is 1. The molecule has 1 atom stereocenters. The van der Waals surface area contributed by atoms with Crippen LogP contribution in [0.4, 0.5) is 0 Å². The highest BCUT2D eigenvalue weighted by Gasteiger charge is 2.44. The molecule has 0 aliphatic carbocycles. The summed E-state index contributed by atoms with van der Waals surface area (Å²) in [6, 6.07) is 0. The van der Waals surface area contributed by atoms with Crippen LogP contribution in [-0.2, 0) is 25.9 Å². The molecule has 1 rings (SSSR count). The quantitative estimate of drug-likeness (QED) is 0.733. The first-order valence-corrected chi connectivity index (χ1v) is 7.37. The van der Waals surface area contributed by atoms with E-state index < -0.39 is 20.6 Å². The predicted octanol–water partition coefficient (Wildman–Crippen LogP) is 0.558. The fourth-order valence-electron chi connectivity index (χ4n) is 1.57. The fourth-order valence-corrected chi connectivity index (χ4v) is 2.42. The molecular formula is C11H18N2O4S. The molecule has 0 aliphatic heterocycles. The van der Waals surface area contributed by atoms with E-state index in [-0.39, 0.29) is 6.42 Å². The molecule has 6 nitrogen and oxygen atoms in total. The molecule has 0 N–H and O–H groups in total. The second-order valence-corrected chi connectivity index (χ2v) is 6.97. The molecule has 0 radical (unpaired) electrons. The SMILES string of the molecule is COC(=O)[C@@](C)(CCn1cc(C)cn1)S(C)(=O)=O. The average Bonchev–Trinajstić information content (AvgIpc) is 2.69. The summed E-state index contributed by atoms with van der Waals surface area (Å²) in [5.41, 5.74) is 0.981. The maximum absolute atomic E-state index is 11.7. The summed E-state index contributed by atoms with van der Waals surface area (Å²) >= 11 is 0. The predicted molar refractivity (Wildman–Crippen MR) is 66.8 cm³/mol. The van der Waals surface area contributed by atoms with Crippen LogP contribution >= 0.6 is 0 Å². The zero-order valence-corrected chi connectivity index (χ0v) is 11.8. The van der Waals surface area contributed by atoms with Crippen molar-refractivity contribution in [2.24, 2.45) is 0 Å². The second kappa shape index (κ2) is 5.09. The van der Waals surface area contributed by atoms with Crippen molar-refractivity contribution in [2.75, 3.05) is 13.4 Å². The number of aromatic nitrogens is 2. The molecular weight excluding hydrogens is 256 g/mol. The molecule has 7 heteroatoms. The van der Waals surface area contributed by atoms with Crippen molar-refractivity contribution in [3.8, 4) is 0 Å². The van der Waals surface area contributed by atoms with Crippen LogP contribution in [0.5, 0.6) is 0 Å². The number of nitrogens with zero attached hydrogens (tertiary/aromatic N) is 2. The summed E-state index contributed by atoms with van der Waals surface area (Å²) in [4.78, 5) is 11.7. The molecule has 18 heavy (non-hydrogen) atoms. The van der Waals surface area contributed by atoms with Gasteiger partial charge in [0.2, 0.25) is 0 Å². The molecule has 0 aromatic carbocycles. The normalized spacial score (nSPS) is 15.1. The van der Waals surface area contributed by atoms with Gasteiger partial charge in [-0.2, -0.15) is 5.10 Å². The van der Waals surface area contributed by atoms with Crippen LogP contribution in [0.15, 0.2) is 12.4 Å². The van der Waals surface area contributed by atoms with E-state index in [4.69, 9.17) is 0 Å². The Hall–Kier alpha value is -1.37. The van der Waals surface area contributed by atoms with E-state index in [1.54, 1.807) is 17.1 Å². The van der Waals surface area contributed by atoms with E-state index in [0.29, 0.717) is 6.54 Å². The number of carbonyl (C=O) groups excluding carboxylic acids is 1. The fraction of sp³-hybridized carbons (Fsp3) is 0.636. The molecule has 1 aromatic rings. The Morgan fingerprint density at radius 2 is 2.17 bits per heavy atom.